The van der Waals surface area contributed by atoms with E-state index in [1.165, 1.54) is 0 Å². The molecule has 0 bridgehead atoms. The second kappa shape index (κ2) is 5.73. The van der Waals surface area contributed by atoms with Gasteiger partial charge >= 0.3 is 0 Å². The minimum atomic E-state index is 0.0202. The third-order valence-electron chi connectivity index (χ3n) is 2.76. The zero-order valence-electron chi connectivity index (χ0n) is 9.70. The van der Waals surface area contributed by atoms with Crippen molar-refractivity contribution in [3.05, 3.63) is 28.2 Å². The number of thiol groups is 1. The topological polar surface area (TPSA) is 20.3 Å². The van der Waals surface area contributed by atoms with Crippen LogP contribution in [0.1, 0.15) is 30.6 Å². The number of carbonyl (C=O) groups excluding carboxylic acids is 1. The van der Waals surface area contributed by atoms with Gasteiger partial charge in [-0.25, -0.2) is 0 Å². The van der Waals surface area contributed by atoms with Crippen LogP contribution in [0.5, 0.6) is 0 Å². The van der Waals surface area contributed by atoms with Crippen molar-refractivity contribution < 1.29 is 4.79 Å². The monoisotopic (exact) mass is 301 g/mol. The molecule has 16 heavy (non-hydrogen) atoms. The highest BCUT2D eigenvalue weighted by molar-refractivity contribution is 9.10. The largest absolute Gasteiger partial charge is 0.339 e. The number of halogens is 1. The van der Waals surface area contributed by atoms with Gasteiger partial charge in [-0.2, -0.15) is 0 Å². The molecule has 0 spiro atoms. The molecule has 0 aliphatic rings. The van der Waals surface area contributed by atoms with Crippen molar-refractivity contribution >= 4 is 34.5 Å². The van der Waals surface area contributed by atoms with Gasteiger partial charge in [0.1, 0.15) is 0 Å². The Bertz CT molecular complexity index is 395. The summed E-state index contributed by atoms with van der Waals surface area (Å²) in [4.78, 5) is 14.6. The van der Waals surface area contributed by atoms with E-state index in [9.17, 15) is 4.79 Å². The number of nitrogens with zero attached hydrogens (tertiary/aromatic N) is 1. The fraction of sp³-hybridized carbons (Fsp3) is 0.417. The molecule has 1 aromatic rings. The zero-order valence-corrected chi connectivity index (χ0v) is 12.2. The highest BCUT2D eigenvalue weighted by atomic mass is 79.9. The fourth-order valence-electron chi connectivity index (χ4n) is 1.35. The van der Waals surface area contributed by atoms with Crippen molar-refractivity contribution in [2.24, 2.45) is 0 Å². The van der Waals surface area contributed by atoms with Crippen LogP contribution in [0.25, 0.3) is 0 Å². The van der Waals surface area contributed by atoms with E-state index in [1.54, 1.807) is 11.0 Å². The maximum absolute atomic E-state index is 12.1. The summed E-state index contributed by atoms with van der Waals surface area (Å²) in [5.41, 5.74) is 0.648. The fourth-order valence-corrected chi connectivity index (χ4v) is 2.20. The molecule has 0 aromatic heterocycles. The summed E-state index contributed by atoms with van der Waals surface area (Å²) in [6.45, 7) is 4.10. The summed E-state index contributed by atoms with van der Waals surface area (Å²) in [5, 5.41) is 0. The lowest BCUT2D eigenvalue weighted by Gasteiger charge is -2.24. The van der Waals surface area contributed by atoms with Crippen molar-refractivity contribution in [2.75, 3.05) is 7.05 Å². The first-order valence-electron chi connectivity index (χ1n) is 5.23. The molecule has 0 aliphatic heterocycles. The summed E-state index contributed by atoms with van der Waals surface area (Å²) in [7, 11) is 1.83. The van der Waals surface area contributed by atoms with Crippen molar-refractivity contribution in [3.63, 3.8) is 0 Å². The van der Waals surface area contributed by atoms with E-state index in [0.717, 1.165) is 10.9 Å². The van der Waals surface area contributed by atoms with Gasteiger partial charge in [0.25, 0.3) is 5.91 Å². The van der Waals surface area contributed by atoms with Crippen molar-refractivity contribution in [2.45, 2.75) is 31.2 Å². The average Bonchev–Trinajstić information content (AvgIpc) is 2.26. The number of hydrogen-bond acceptors (Lipinski definition) is 2. The lowest BCUT2D eigenvalue weighted by Crippen LogP contribution is -2.34. The van der Waals surface area contributed by atoms with Crippen LogP contribution < -0.4 is 0 Å². The Hall–Kier alpha value is -0.480. The van der Waals surface area contributed by atoms with E-state index in [-0.39, 0.29) is 11.9 Å². The summed E-state index contributed by atoms with van der Waals surface area (Å²) in [6.07, 6.45) is 0.945. The van der Waals surface area contributed by atoms with Crippen LogP contribution in [0.4, 0.5) is 0 Å². The van der Waals surface area contributed by atoms with E-state index in [2.05, 4.69) is 35.5 Å². The third-order valence-corrected chi connectivity index (χ3v) is 3.63. The van der Waals surface area contributed by atoms with Gasteiger partial charge in [0.2, 0.25) is 0 Å². The maximum atomic E-state index is 12.1. The summed E-state index contributed by atoms with van der Waals surface area (Å²) >= 11 is 7.67. The first-order valence-corrected chi connectivity index (χ1v) is 6.47. The molecule has 0 radical (unpaired) electrons. The molecule has 4 heteroatoms. The van der Waals surface area contributed by atoms with Crippen LogP contribution in [0.15, 0.2) is 27.6 Å². The van der Waals surface area contributed by atoms with Crippen LogP contribution in [0.2, 0.25) is 0 Å². The Morgan fingerprint density at radius 2 is 2.19 bits per heavy atom. The molecule has 1 rings (SSSR count). The first-order chi connectivity index (χ1) is 7.47. The van der Waals surface area contributed by atoms with E-state index >= 15 is 0 Å². The summed E-state index contributed by atoms with van der Waals surface area (Å²) in [6, 6.07) is 5.73. The Morgan fingerprint density at radius 3 is 2.69 bits per heavy atom. The smallest absolute Gasteiger partial charge is 0.254 e. The average molecular weight is 302 g/mol. The Kier molecular flexibility index (Phi) is 4.87. The molecule has 1 aromatic carbocycles. The molecule has 0 saturated carbocycles. The summed E-state index contributed by atoms with van der Waals surface area (Å²) in [5.74, 6) is 0.0202. The van der Waals surface area contributed by atoms with Crippen LogP contribution in [-0.2, 0) is 0 Å². The molecule has 0 aliphatic carbocycles. The normalized spacial score (nSPS) is 12.3. The van der Waals surface area contributed by atoms with Gasteiger partial charge in [-0.3, -0.25) is 4.79 Å². The molecule has 88 valence electrons. The minimum Gasteiger partial charge on any atom is -0.339 e. The molecular weight excluding hydrogens is 286 g/mol. The number of rotatable bonds is 3. The Morgan fingerprint density at radius 1 is 1.56 bits per heavy atom. The van der Waals surface area contributed by atoms with Crippen molar-refractivity contribution in [3.8, 4) is 0 Å². The molecule has 0 fully saturated rings. The SMILES string of the molecule is CCC(C)N(C)C(=O)c1ccc(Br)cc1S. The van der Waals surface area contributed by atoms with E-state index in [0.29, 0.717) is 10.5 Å². The summed E-state index contributed by atoms with van der Waals surface area (Å²) < 4.78 is 0.931. The minimum absolute atomic E-state index is 0.0202. The molecule has 0 heterocycles. The van der Waals surface area contributed by atoms with Crippen molar-refractivity contribution in [1.82, 2.24) is 4.90 Å². The first kappa shape index (κ1) is 13.6. The standard InChI is InChI=1S/C12H16BrNOS/c1-4-8(2)14(3)12(15)10-6-5-9(13)7-11(10)16/h5-8,16H,4H2,1-3H3. The lowest BCUT2D eigenvalue weighted by molar-refractivity contribution is 0.0737. The van der Waals surface area contributed by atoms with Crippen molar-refractivity contribution in [1.29, 1.82) is 0 Å². The Balaban J connectivity index is 2.96. The van der Waals surface area contributed by atoms with Crippen LogP contribution in [0, 0.1) is 0 Å². The van der Waals surface area contributed by atoms with Crippen LogP contribution in [-0.4, -0.2) is 23.9 Å². The van der Waals surface area contributed by atoms with E-state index in [4.69, 9.17) is 0 Å². The van der Waals surface area contributed by atoms with Gasteiger partial charge in [0.15, 0.2) is 0 Å². The molecule has 1 unspecified atom stereocenters. The van der Waals surface area contributed by atoms with Gasteiger partial charge in [0.05, 0.1) is 5.56 Å². The third kappa shape index (κ3) is 3.01. The van der Waals surface area contributed by atoms with Gasteiger partial charge < -0.3 is 4.90 Å². The Labute approximate surface area is 111 Å². The second-order valence-corrected chi connectivity index (χ2v) is 5.23. The van der Waals surface area contributed by atoms with Gasteiger partial charge in [-0.1, -0.05) is 22.9 Å². The maximum Gasteiger partial charge on any atom is 0.254 e. The van der Waals surface area contributed by atoms with Crippen LogP contribution in [0.3, 0.4) is 0 Å². The predicted molar refractivity (Wildman–Crippen MR) is 73.2 cm³/mol. The zero-order chi connectivity index (χ0) is 12.3. The highest BCUT2D eigenvalue weighted by Crippen LogP contribution is 2.21. The number of carbonyl (C=O) groups is 1. The molecular formula is C12H16BrNOS. The highest BCUT2D eigenvalue weighted by Gasteiger charge is 2.18. The van der Waals surface area contributed by atoms with E-state index < -0.39 is 0 Å². The molecule has 0 N–H and O–H groups in total. The second-order valence-electron chi connectivity index (χ2n) is 3.83. The van der Waals surface area contributed by atoms with Gasteiger partial charge in [-0.15, -0.1) is 12.6 Å². The van der Waals surface area contributed by atoms with Gasteiger partial charge in [0, 0.05) is 22.5 Å². The predicted octanol–water partition coefficient (Wildman–Crippen LogP) is 3.61. The molecule has 1 amide bonds. The van der Waals surface area contributed by atoms with Crippen LogP contribution >= 0.6 is 28.6 Å². The molecule has 0 saturated heterocycles. The molecule has 2 nitrogen and oxygen atoms in total. The molecule has 1 atom stereocenters. The number of hydrogen-bond donors (Lipinski definition) is 1. The van der Waals surface area contributed by atoms with Gasteiger partial charge in [-0.05, 0) is 31.5 Å². The number of benzene rings is 1. The number of amides is 1. The lowest BCUT2D eigenvalue weighted by atomic mass is 10.1. The van der Waals surface area contributed by atoms with E-state index in [1.807, 2.05) is 26.1 Å². The quantitative estimate of drug-likeness (QED) is 0.846.